The van der Waals surface area contributed by atoms with E-state index in [1.165, 1.54) is 12.1 Å². The van der Waals surface area contributed by atoms with Crippen LogP contribution < -0.4 is 0 Å². The summed E-state index contributed by atoms with van der Waals surface area (Å²) >= 11 is 0. The zero-order valence-corrected chi connectivity index (χ0v) is 27.1. The van der Waals surface area contributed by atoms with Crippen molar-refractivity contribution in [2.24, 2.45) is 20.0 Å². The summed E-state index contributed by atoms with van der Waals surface area (Å²) in [6.45, 7) is 0. The lowest BCUT2D eigenvalue weighted by Gasteiger charge is -2.16. The normalized spacial score (nSPS) is 17.3. The van der Waals surface area contributed by atoms with Crippen molar-refractivity contribution >= 4 is 50.8 Å². The molecule has 5 aliphatic rings. The van der Waals surface area contributed by atoms with Crippen molar-refractivity contribution in [1.29, 1.82) is 0 Å². The molecule has 5 aliphatic heterocycles. The van der Waals surface area contributed by atoms with Gasteiger partial charge in [0.2, 0.25) is 5.82 Å². The lowest BCUT2D eigenvalue weighted by molar-refractivity contribution is -0.387. The minimum atomic E-state index is -0.940. The maximum atomic E-state index is 14.7. The Kier molecular flexibility index (Phi) is 7.36. The largest absolute Gasteiger partial charge is 0.305 e. The average Bonchev–Trinajstić information content (AvgIpc) is 3.97. The number of hydrogen-bond donors (Lipinski definition) is 0. The molecule has 0 fully saturated rings. The topological polar surface area (TPSA) is 131 Å². The second-order valence-electron chi connectivity index (χ2n) is 12.0. The molecule has 0 atom stereocenters. The van der Waals surface area contributed by atoms with E-state index in [2.05, 4.69) is 0 Å². The van der Waals surface area contributed by atoms with Gasteiger partial charge in [-0.3, -0.25) is 25.1 Å². The van der Waals surface area contributed by atoms with Crippen LogP contribution in [0.3, 0.4) is 0 Å². The third-order valence-corrected chi connectivity index (χ3v) is 8.70. The predicted octanol–water partition coefficient (Wildman–Crippen LogP) is 7.92. The van der Waals surface area contributed by atoms with Crippen LogP contribution >= 0.6 is 0 Å². The second-order valence-corrected chi connectivity index (χ2v) is 12.0. The molecule has 11 heteroatoms. The third kappa shape index (κ3) is 5.52. The first-order valence-corrected chi connectivity index (χ1v) is 16.2. The molecule has 8 heterocycles. The van der Waals surface area contributed by atoms with E-state index in [0.717, 1.165) is 17.4 Å². The maximum Gasteiger partial charge on any atom is 0.305 e. The molecule has 0 radical (unpaired) electrons. The first-order valence-electron chi connectivity index (χ1n) is 16.2. The Morgan fingerprint density at radius 2 is 1.17 bits per heavy atom. The fourth-order valence-corrected chi connectivity index (χ4v) is 6.46. The Hall–Kier alpha value is -7.40. The summed E-state index contributed by atoms with van der Waals surface area (Å²) in [5, 5.41) is 11.9. The molecule has 9 rings (SSSR count). The van der Waals surface area contributed by atoms with Gasteiger partial charge in [0, 0.05) is 41.4 Å². The highest BCUT2D eigenvalue weighted by Crippen LogP contribution is 2.45. The monoisotopic (exact) mass is 678 g/mol. The van der Waals surface area contributed by atoms with Crippen LogP contribution in [0.1, 0.15) is 22.6 Å². The number of hydrogen-bond acceptors (Lipinski definition) is 9. The van der Waals surface area contributed by atoms with Crippen LogP contribution in [0.15, 0.2) is 183 Å². The number of rotatable bonds is 5. The Morgan fingerprint density at radius 3 is 1.79 bits per heavy atom. The van der Waals surface area contributed by atoms with E-state index in [0.29, 0.717) is 79.3 Å². The van der Waals surface area contributed by atoms with Crippen LogP contribution in [0.2, 0.25) is 0 Å². The van der Waals surface area contributed by atoms with Gasteiger partial charge >= 0.3 is 5.69 Å². The van der Waals surface area contributed by atoms with Gasteiger partial charge in [0.05, 0.1) is 73.2 Å². The van der Waals surface area contributed by atoms with Crippen molar-refractivity contribution in [3.63, 3.8) is 0 Å². The first-order chi connectivity index (χ1) is 25.5. The number of aromatic nitrogens is 3. The van der Waals surface area contributed by atoms with Gasteiger partial charge in [0.25, 0.3) is 0 Å². The number of aliphatic imine (C=N–C) groups is 4. The van der Waals surface area contributed by atoms with Crippen LogP contribution in [0.25, 0.3) is 22.3 Å². The molecule has 4 aromatic rings. The number of allylic oxidation sites excluding steroid dienone is 12. The molecule has 1 aromatic carbocycles. The van der Waals surface area contributed by atoms with Crippen LogP contribution in [0.4, 0.5) is 10.1 Å². The summed E-state index contributed by atoms with van der Waals surface area (Å²) in [4.78, 5) is 45.6. The standard InChI is InChI=1S/C41H23FN8O2/c42-31-15-10-24(19-36(31)50(51)52)30-22-29-21-27-12-11-25(46-27)20-26-13-14-28(47-26)23-35-37(32-7-1-4-16-43-32)38(33-8-2-5-17-44-33)41(49-35)39(40(30)48-29)34-9-3-6-18-45-34/h1-23H. The Bertz CT molecular complexity index is 2620. The number of fused-ring (bicyclic) bond motifs is 4. The fraction of sp³-hybridized carbons (Fsp3) is 0. The van der Waals surface area contributed by atoms with E-state index in [9.17, 15) is 14.5 Å². The van der Waals surface area contributed by atoms with Crippen LogP contribution in [-0.4, -0.2) is 42.7 Å². The second kappa shape index (κ2) is 12.5. The van der Waals surface area contributed by atoms with Gasteiger partial charge < -0.3 is 0 Å². The number of nitro groups is 1. The van der Waals surface area contributed by atoms with E-state index in [1.54, 1.807) is 18.6 Å². The van der Waals surface area contributed by atoms with Crippen molar-refractivity contribution in [1.82, 2.24) is 15.0 Å². The number of nitro benzene ring substituents is 1. The lowest BCUT2D eigenvalue weighted by Crippen LogP contribution is -2.09. The van der Waals surface area contributed by atoms with E-state index in [4.69, 9.17) is 34.9 Å². The van der Waals surface area contributed by atoms with Crippen LogP contribution in [0.5, 0.6) is 0 Å². The Morgan fingerprint density at radius 1 is 0.577 bits per heavy atom. The molecule has 0 saturated heterocycles. The third-order valence-electron chi connectivity index (χ3n) is 8.70. The van der Waals surface area contributed by atoms with Gasteiger partial charge in [0.1, 0.15) is 0 Å². The number of halogens is 1. The zero-order valence-electron chi connectivity index (χ0n) is 27.1. The molecule has 8 bridgehead atoms. The lowest BCUT2D eigenvalue weighted by atomic mass is 9.89. The van der Waals surface area contributed by atoms with Crippen molar-refractivity contribution in [2.75, 3.05) is 0 Å². The van der Waals surface area contributed by atoms with Crippen molar-refractivity contribution < 1.29 is 9.31 Å². The van der Waals surface area contributed by atoms with Gasteiger partial charge in [-0.05, 0) is 96.6 Å². The van der Waals surface area contributed by atoms with Crippen molar-refractivity contribution in [3.8, 4) is 0 Å². The molecule has 10 nitrogen and oxygen atoms in total. The van der Waals surface area contributed by atoms with E-state index >= 15 is 0 Å². The minimum absolute atomic E-state index is 0.391. The van der Waals surface area contributed by atoms with Gasteiger partial charge in [-0.1, -0.05) is 24.3 Å². The van der Waals surface area contributed by atoms with Crippen LogP contribution in [-0.2, 0) is 0 Å². The molecular weight excluding hydrogens is 656 g/mol. The molecule has 0 saturated carbocycles. The molecule has 0 aliphatic carbocycles. The van der Waals surface area contributed by atoms with E-state index in [1.807, 2.05) is 103 Å². The number of benzene rings is 1. The highest BCUT2D eigenvalue weighted by molar-refractivity contribution is 6.50. The SMILES string of the molecule is O=[N+]([O-])c1cc(C2=CC3=CC4=NC(=CC5=NC(=CC6=NC(=C(c7ccccn7)C2=N3)C(c2ccccn2)=C6c2ccccn2)C=C5)C=C4)ccc1F. The van der Waals surface area contributed by atoms with Gasteiger partial charge in [0.15, 0.2) is 0 Å². The number of nitrogens with zero attached hydrogens (tertiary/aromatic N) is 8. The molecule has 0 spiro atoms. The van der Waals surface area contributed by atoms with E-state index < -0.39 is 16.4 Å². The molecule has 0 N–H and O–H groups in total. The molecule has 0 unspecified atom stereocenters. The van der Waals surface area contributed by atoms with Gasteiger partial charge in [-0.2, -0.15) is 4.39 Å². The summed E-state index contributed by atoms with van der Waals surface area (Å²) in [5.41, 5.74) is 8.85. The van der Waals surface area contributed by atoms with Crippen LogP contribution in [0, 0.1) is 15.9 Å². The quantitative estimate of drug-likeness (QED) is 0.156. The molecule has 246 valence electrons. The predicted molar refractivity (Wildman–Crippen MR) is 200 cm³/mol. The highest BCUT2D eigenvalue weighted by Gasteiger charge is 2.34. The summed E-state index contributed by atoms with van der Waals surface area (Å²) < 4.78 is 14.7. The first kappa shape index (κ1) is 30.6. The van der Waals surface area contributed by atoms with Crippen molar-refractivity contribution in [3.05, 3.63) is 201 Å². The minimum Gasteiger partial charge on any atom is -0.258 e. The summed E-state index contributed by atoms with van der Waals surface area (Å²) in [5.74, 6) is -0.940. The molecule has 0 amide bonds. The summed E-state index contributed by atoms with van der Waals surface area (Å²) in [6.07, 6.45) is 20.2. The average molecular weight is 679 g/mol. The zero-order chi connectivity index (χ0) is 35.2. The van der Waals surface area contributed by atoms with Crippen molar-refractivity contribution in [2.45, 2.75) is 0 Å². The number of pyridine rings is 3. The summed E-state index contributed by atoms with van der Waals surface area (Å²) in [6, 6.07) is 20.7. The molecular formula is C41H23FN8O2. The highest BCUT2D eigenvalue weighted by atomic mass is 19.1. The molecule has 3 aromatic heterocycles. The maximum absolute atomic E-state index is 14.7. The molecule has 52 heavy (non-hydrogen) atoms. The summed E-state index contributed by atoms with van der Waals surface area (Å²) in [7, 11) is 0. The van der Waals surface area contributed by atoms with E-state index in [-0.39, 0.29) is 0 Å². The smallest absolute Gasteiger partial charge is 0.258 e. The Balaban J connectivity index is 1.42. The Labute approximate surface area is 295 Å². The fourth-order valence-electron chi connectivity index (χ4n) is 6.46. The van der Waals surface area contributed by atoms with Gasteiger partial charge in [-0.15, -0.1) is 0 Å². The van der Waals surface area contributed by atoms with Gasteiger partial charge in [-0.25, -0.2) is 20.0 Å².